The molecule has 1 saturated heterocycles. The standard InChI is InChI=1S/C12H26N2/c1-4-7-13-10-12(2,3)11-14-8-5-6-9-14/h13H,4-11H2,1-3H3. The molecule has 0 atom stereocenters. The van der Waals surface area contributed by atoms with Gasteiger partial charge in [0, 0.05) is 13.1 Å². The third-order valence-corrected chi connectivity index (χ3v) is 2.88. The predicted molar refractivity (Wildman–Crippen MR) is 62.6 cm³/mol. The van der Waals surface area contributed by atoms with Gasteiger partial charge in [0.25, 0.3) is 0 Å². The van der Waals surface area contributed by atoms with Crippen molar-refractivity contribution < 1.29 is 0 Å². The molecule has 1 N–H and O–H groups in total. The SMILES string of the molecule is CCCNCC(C)(C)CN1CCCC1. The van der Waals surface area contributed by atoms with E-state index in [2.05, 4.69) is 31.0 Å². The van der Waals surface area contributed by atoms with Gasteiger partial charge in [-0.15, -0.1) is 0 Å². The molecule has 1 fully saturated rings. The van der Waals surface area contributed by atoms with Gasteiger partial charge >= 0.3 is 0 Å². The van der Waals surface area contributed by atoms with E-state index in [1.165, 1.54) is 38.9 Å². The zero-order valence-electron chi connectivity index (χ0n) is 10.1. The Kier molecular flexibility index (Phi) is 4.90. The summed E-state index contributed by atoms with van der Waals surface area (Å²) < 4.78 is 0. The number of likely N-dealkylation sites (tertiary alicyclic amines) is 1. The molecule has 1 aliphatic rings. The molecule has 0 spiro atoms. The second-order valence-electron chi connectivity index (χ2n) is 5.32. The lowest BCUT2D eigenvalue weighted by Crippen LogP contribution is -2.39. The zero-order valence-corrected chi connectivity index (χ0v) is 10.1. The molecule has 0 amide bonds. The Labute approximate surface area is 89.1 Å². The first kappa shape index (κ1) is 12.0. The van der Waals surface area contributed by atoms with Crippen LogP contribution < -0.4 is 5.32 Å². The van der Waals surface area contributed by atoms with Crippen LogP contribution in [0.3, 0.4) is 0 Å². The Bertz CT molecular complexity index is 148. The molecule has 0 aliphatic carbocycles. The molecule has 14 heavy (non-hydrogen) atoms. The molecule has 0 unspecified atom stereocenters. The minimum atomic E-state index is 0.430. The number of rotatable bonds is 6. The van der Waals surface area contributed by atoms with Gasteiger partial charge in [0.15, 0.2) is 0 Å². The highest BCUT2D eigenvalue weighted by molar-refractivity contribution is 4.78. The van der Waals surface area contributed by atoms with Gasteiger partial charge in [0.1, 0.15) is 0 Å². The molecule has 0 saturated carbocycles. The Morgan fingerprint density at radius 2 is 1.86 bits per heavy atom. The molecule has 0 aromatic carbocycles. The van der Waals surface area contributed by atoms with Gasteiger partial charge in [-0.3, -0.25) is 0 Å². The van der Waals surface area contributed by atoms with Crippen LogP contribution >= 0.6 is 0 Å². The average Bonchev–Trinajstić information content (AvgIpc) is 2.56. The largest absolute Gasteiger partial charge is 0.316 e. The summed E-state index contributed by atoms with van der Waals surface area (Å²) in [6.45, 7) is 13.2. The van der Waals surface area contributed by atoms with Crippen LogP contribution in [-0.2, 0) is 0 Å². The van der Waals surface area contributed by atoms with Crippen molar-refractivity contribution in [1.29, 1.82) is 0 Å². The van der Waals surface area contributed by atoms with E-state index in [0.717, 1.165) is 13.1 Å². The van der Waals surface area contributed by atoms with E-state index in [0.29, 0.717) is 5.41 Å². The van der Waals surface area contributed by atoms with Crippen LogP contribution in [0, 0.1) is 5.41 Å². The molecule has 84 valence electrons. The number of nitrogens with one attached hydrogen (secondary N) is 1. The maximum absolute atomic E-state index is 3.52. The van der Waals surface area contributed by atoms with Crippen molar-refractivity contribution >= 4 is 0 Å². The minimum Gasteiger partial charge on any atom is -0.316 e. The average molecular weight is 198 g/mol. The van der Waals surface area contributed by atoms with Crippen LogP contribution in [0.2, 0.25) is 0 Å². The number of hydrogen-bond donors (Lipinski definition) is 1. The van der Waals surface area contributed by atoms with Gasteiger partial charge in [-0.25, -0.2) is 0 Å². The van der Waals surface area contributed by atoms with Crippen molar-refractivity contribution in [2.75, 3.05) is 32.7 Å². The summed E-state index contributed by atoms with van der Waals surface area (Å²) in [7, 11) is 0. The molecule has 2 nitrogen and oxygen atoms in total. The summed E-state index contributed by atoms with van der Waals surface area (Å²) >= 11 is 0. The van der Waals surface area contributed by atoms with Crippen molar-refractivity contribution in [3.63, 3.8) is 0 Å². The van der Waals surface area contributed by atoms with Crippen molar-refractivity contribution in [3.8, 4) is 0 Å². The third-order valence-electron chi connectivity index (χ3n) is 2.88. The van der Waals surface area contributed by atoms with Crippen LogP contribution in [0.1, 0.15) is 40.0 Å². The normalized spacial score (nSPS) is 19.1. The Balaban J connectivity index is 2.18. The molecule has 0 aromatic rings. The maximum atomic E-state index is 3.52. The van der Waals surface area contributed by atoms with E-state index in [1.54, 1.807) is 0 Å². The monoisotopic (exact) mass is 198 g/mol. The third kappa shape index (κ3) is 4.43. The van der Waals surface area contributed by atoms with E-state index >= 15 is 0 Å². The first-order valence-corrected chi connectivity index (χ1v) is 6.07. The Hall–Kier alpha value is -0.0800. The van der Waals surface area contributed by atoms with Gasteiger partial charge in [-0.2, -0.15) is 0 Å². The second-order valence-corrected chi connectivity index (χ2v) is 5.32. The predicted octanol–water partition coefficient (Wildman–Crippen LogP) is 2.11. The molecule has 1 aliphatic heterocycles. The fourth-order valence-corrected chi connectivity index (χ4v) is 2.21. The lowest BCUT2D eigenvalue weighted by atomic mass is 9.93. The molecule has 0 aromatic heterocycles. The highest BCUT2D eigenvalue weighted by Crippen LogP contribution is 2.19. The van der Waals surface area contributed by atoms with Crippen LogP contribution in [0.4, 0.5) is 0 Å². The number of hydrogen-bond acceptors (Lipinski definition) is 2. The summed E-state index contributed by atoms with van der Waals surface area (Å²) in [4.78, 5) is 2.60. The van der Waals surface area contributed by atoms with Gasteiger partial charge < -0.3 is 10.2 Å². The van der Waals surface area contributed by atoms with Gasteiger partial charge in [-0.05, 0) is 44.3 Å². The highest BCUT2D eigenvalue weighted by atomic mass is 15.1. The summed E-state index contributed by atoms with van der Waals surface area (Å²) in [6, 6.07) is 0. The zero-order chi connectivity index (χ0) is 10.4. The van der Waals surface area contributed by atoms with Crippen molar-refractivity contribution in [2.45, 2.75) is 40.0 Å². The van der Waals surface area contributed by atoms with E-state index < -0.39 is 0 Å². The van der Waals surface area contributed by atoms with Gasteiger partial charge in [-0.1, -0.05) is 20.8 Å². The molecular formula is C12H26N2. The van der Waals surface area contributed by atoms with E-state index in [9.17, 15) is 0 Å². The van der Waals surface area contributed by atoms with E-state index in [-0.39, 0.29) is 0 Å². The van der Waals surface area contributed by atoms with Gasteiger partial charge in [0.2, 0.25) is 0 Å². The quantitative estimate of drug-likeness (QED) is 0.658. The first-order valence-electron chi connectivity index (χ1n) is 6.07. The lowest BCUT2D eigenvalue weighted by Gasteiger charge is -2.30. The number of nitrogens with zero attached hydrogens (tertiary/aromatic N) is 1. The fourth-order valence-electron chi connectivity index (χ4n) is 2.21. The summed E-state index contributed by atoms with van der Waals surface area (Å²) in [5.74, 6) is 0. The van der Waals surface area contributed by atoms with Crippen molar-refractivity contribution in [2.24, 2.45) is 5.41 Å². The van der Waals surface area contributed by atoms with Crippen LogP contribution in [0.25, 0.3) is 0 Å². The van der Waals surface area contributed by atoms with E-state index in [4.69, 9.17) is 0 Å². The summed E-state index contributed by atoms with van der Waals surface area (Å²) in [5.41, 5.74) is 0.430. The summed E-state index contributed by atoms with van der Waals surface area (Å²) in [5, 5.41) is 3.52. The van der Waals surface area contributed by atoms with Crippen molar-refractivity contribution in [3.05, 3.63) is 0 Å². The van der Waals surface area contributed by atoms with Gasteiger partial charge in [0.05, 0.1) is 0 Å². The summed E-state index contributed by atoms with van der Waals surface area (Å²) in [6.07, 6.45) is 4.04. The van der Waals surface area contributed by atoms with Crippen molar-refractivity contribution in [1.82, 2.24) is 10.2 Å². The topological polar surface area (TPSA) is 15.3 Å². The van der Waals surface area contributed by atoms with E-state index in [1.807, 2.05) is 0 Å². The molecule has 1 heterocycles. The maximum Gasteiger partial charge on any atom is 0.00448 e. The Morgan fingerprint density at radius 1 is 1.21 bits per heavy atom. The molecular weight excluding hydrogens is 172 g/mol. The molecule has 1 rings (SSSR count). The minimum absolute atomic E-state index is 0.430. The molecule has 2 heteroatoms. The lowest BCUT2D eigenvalue weighted by molar-refractivity contribution is 0.204. The van der Waals surface area contributed by atoms with Crippen LogP contribution in [0.5, 0.6) is 0 Å². The first-order chi connectivity index (χ1) is 6.64. The van der Waals surface area contributed by atoms with Crippen LogP contribution in [0.15, 0.2) is 0 Å². The fraction of sp³-hybridized carbons (Fsp3) is 1.00. The molecule has 0 bridgehead atoms. The highest BCUT2D eigenvalue weighted by Gasteiger charge is 2.22. The molecule has 0 radical (unpaired) electrons. The van der Waals surface area contributed by atoms with Crippen LogP contribution in [-0.4, -0.2) is 37.6 Å². The Morgan fingerprint density at radius 3 is 2.43 bits per heavy atom. The smallest absolute Gasteiger partial charge is 0.00448 e. The second kappa shape index (κ2) is 5.72.